The quantitative estimate of drug-likeness (QED) is 0.267. The number of halogens is 3. The van der Waals surface area contributed by atoms with Crippen molar-refractivity contribution in [2.75, 3.05) is 0 Å². The highest BCUT2D eigenvalue weighted by Gasteiger charge is 2.11. The Morgan fingerprint density at radius 1 is 1.04 bits per heavy atom. The number of hydrogen-bond acceptors (Lipinski definition) is 2. The van der Waals surface area contributed by atoms with E-state index < -0.39 is 0 Å². The molecule has 0 fully saturated rings. The van der Waals surface area contributed by atoms with Crippen LogP contribution in [0.25, 0.3) is 11.6 Å². The Balaban J connectivity index is 1.99. The molecule has 0 saturated carbocycles. The average Bonchev–Trinajstić information content (AvgIpc) is 2.66. The summed E-state index contributed by atoms with van der Waals surface area (Å²) in [5.41, 5.74) is 3.13. The molecule has 0 atom stereocenters. The Labute approximate surface area is 180 Å². The molecule has 0 unspecified atom stereocenters. The fourth-order valence-electron chi connectivity index (χ4n) is 2.56. The topological polar surface area (TPSA) is 33.0 Å². The third-order valence-electron chi connectivity index (χ3n) is 3.82. The minimum Gasteiger partial charge on any atom is -0.487 e. The Bertz CT molecular complexity index is 1030. The predicted molar refractivity (Wildman–Crippen MR) is 118 cm³/mol. The standard InChI is InChI=1S/C22H14Br2ClNO/c23-19-10-17(9-18(13-26)16-7-4-8-20(25)11-16)22(21(24)12-19)27-14-15-5-2-1-3-6-15/h1-12H,14H2/b18-9-. The Morgan fingerprint density at radius 2 is 1.81 bits per heavy atom. The second kappa shape index (κ2) is 9.23. The van der Waals surface area contributed by atoms with Gasteiger partial charge in [-0.1, -0.05) is 70.0 Å². The molecule has 3 aromatic carbocycles. The van der Waals surface area contributed by atoms with Gasteiger partial charge in [-0.2, -0.15) is 5.26 Å². The molecule has 2 nitrogen and oxygen atoms in total. The summed E-state index contributed by atoms with van der Waals surface area (Å²) < 4.78 is 7.76. The van der Waals surface area contributed by atoms with Gasteiger partial charge in [-0.15, -0.1) is 0 Å². The predicted octanol–water partition coefficient (Wildman–Crippen LogP) is 7.51. The summed E-state index contributed by atoms with van der Waals surface area (Å²) >= 11 is 13.1. The zero-order valence-corrected chi connectivity index (χ0v) is 18.1. The number of allylic oxidation sites excluding steroid dienone is 1. The summed E-state index contributed by atoms with van der Waals surface area (Å²) in [6.45, 7) is 0.432. The minimum absolute atomic E-state index is 0.432. The maximum Gasteiger partial charge on any atom is 0.141 e. The first kappa shape index (κ1) is 19.7. The number of nitriles is 1. The van der Waals surface area contributed by atoms with Crippen LogP contribution in [0.2, 0.25) is 5.02 Å². The molecule has 0 bridgehead atoms. The Morgan fingerprint density at radius 3 is 2.52 bits per heavy atom. The molecule has 0 aliphatic heterocycles. The molecule has 3 aromatic rings. The van der Waals surface area contributed by atoms with Crippen LogP contribution < -0.4 is 4.74 Å². The zero-order chi connectivity index (χ0) is 19.2. The van der Waals surface area contributed by atoms with E-state index in [9.17, 15) is 5.26 Å². The van der Waals surface area contributed by atoms with Gasteiger partial charge in [-0.05, 0) is 57.4 Å². The SMILES string of the molecule is N#C/C(=C/c1cc(Br)cc(Br)c1OCc1ccccc1)c1cccc(Cl)c1. The van der Waals surface area contributed by atoms with E-state index in [1.54, 1.807) is 12.1 Å². The Kier molecular flexibility index (Phi) is 6.73. The summed E-state index contributed by atoms with van der Waals surface area (Å²) in [4.78, 5) is 0. The summed E-state index contributed by atoms with van der Waals surface area (Å²) in [6.07, 6.45) is 1.81. The van der Waals surface area contributed by atoms with Crippen molar-refractivity contribution in [2.45, 2.75) is 6.61 Å². The van der Waals surface area contributed by atoms with Crippen molar-refractivity contribution in [3.63, 3.8) is 0 Å². The molecule has 27 heavy (non-hydrogen) atoms. The third kappa shape index (κ3) is 5.23. The van der Waals surface area contributed by atoms with E-state index in [2.05, 4.69) is 37.9 Å². The van der Waals surface area contributed by atoms with Crippen molar-refractivity contribution in [3.05, 3.63) is 97.4 Å². The highest BCUT2D eigenvalue weighted by Crippen LogP contribution is 2.36. The van der Waals surface area contributed by atoms with Gasteiger partial charge in [-0.3, -0.25) is 0 Å². The van der Waals surface area contributed by atoms with Crippen molar-refractivity contribution >= 4 is 55.1 Å². The Hall–Kier alpha value is -2.06. The van der Waals surface area contributed by atoms with Gasteiger partial charge in [0.25, 0.3) is 0 Å². The molecule has 0 radical (unpaired) electrons. The van der Waals surface area contributed by atoms with Crippen LogP contribution in [0.5, 0.6) is 5.75 Å². The van der Waals surface area contributed by atoms with E-state index in [0.717, 1.165) is 25.6 Å². The van der Waals surface area contributed by atoms with Crippen LogP contribution in [-0.2, 0) is 6.61 Å². The first-order chi connectivity index (χ1) is 13.1. The third-order valence-corrected chi connectivity index (χ3v) is 5.10. The molecule has 0 spiro atoms. The molecule has 0 aliphatic rings. The van der Waals surface area contributed by atoms with E-state index in [1.165, 1.54) is 0 Å². The number of benzene rings is 3. The van der Waals surface area contributed by atoms with Crippen LogP contribution in [0.3, 0.4) is 0 Å². The number of ether oxygens (including phenoxy) is 1. The van der Waals surface area contributed by atoms with Gasteiger partial charge < -0.3 is 4.74 Å². The van der Waals surface area contributed by atoms with Crippen LogP contribution in [-0.4, -0.2) is 0 Å². The van der Waals surface area contributed by atoms with Crippen molar-refractivity contribution in [1.82, 2.24) is 0 Å². The highest BCUT2D eigenvalue weighted by atomic mass is 79.9. The van der Waals surface area contributed by atoms with E-state index >= 15 is 0 Å². The molecular weight excluding hydrogens is 490 g/mol. The smallest absolute Gasteiger partial charge is 0.141 e. The molecule has 0 saturated heterocycles. The van der Waals surface area contributed by atoms with Gasteiger partial charge in [0.1, 0.15) is 12.4 Å². The van der Waals surface area contributed by atoms with Gasteiger partial charge in [0.2, 0.25) is 0 Å². The van der Waals surface area contributed by atoms with Gasteiger partial charge in [0, 0.05) is 15.1 Å². The highest BCUT2D eigenvalue weighted by molar-refractivity contribution is 9.11. The summed E-state index contributed by atoms with van der Waals surface area (Å²) in [5, 5.41) is 10.2. The van der Waals surface area contributed by atoms with E-state index in [-0.39, 0.29) is 0 Å². The monoisotopic (exact) mass is 501 g/mol. The molecule has 0 heterocycles. The van der Waals surface area contributed by atoms with Crippen LogP contribution >= 0.6 is 43.5 Å². The number of hydrogen-bond donors (Lipinski definition) is 0. The first-order valence-electron chi connectivity index (χ1n) is 8.10. The molecule has 0 amide bonds. The summed E-state index contributed by atoms with van der Waals surface area (Å²) in [5.74, 6) is 0.678. The van der Waals surface area contributed by atoms with Crippen molar-refractivity contribution < 1.29 is 4.74 Å². The number of nitrogens with zero attached hydrogens (tertiary/aromatic N) is 1. The second-order valence-corrected chi connectivity index (χ2v) is 7.97. The zero-order valence-electron chi connectivity index (χ0n) is 14.1. The second-order valence-electron chi connectivity index (χ2n) is 5.76. The van der Waals surface area contributed by atoms with Gasteiger partial charge >= 0.3 is 0 Å². The molecule has 3 rings (SSSR count). The summed E-state index contributed by atoms with van der Waals surface area (Å²) in [7, 11) is 0. The van der Waals surface area contributed by atoms with Gasteiger partial charge in [0.05, 0.1) is 16.1 Å². The maximum atomic E-state index is 9.64. The molecule has 0 aliphatic carbocycles. The maximum absolute atomic E-state index is 9.64. The molecular formula is C22H14Br2ClNO. The van der Waals surface area contributed by atoms with E-state index in [1.807, 2.05) is 60.7 Å². The molecule has 134 valence electrons. The lowest BCUT2D eigenvalue weighted by Gasteiger charge is -2.13. The fourth-order valence-corrected chi connectivity index (χ4v) is 4.12. The lowest BCUT2D eigenvalue weighted by atomic mass is 10.0. The van der Waals surface area contributed by atoms with Crippen LogP contribution in [0, 0.1) is 11.3 Å². The van der Waals surface area contributed by atoms with Gasteiger partial charge in [-0.25, -0.2) is 0 Å². The van der Waals surface area contributed by atoms with E-state index in [0.29, 0.717) is 23.0 Å². The van der Waals surface area contributed by atoms with Crippen LogP contribution in [0.15, 0.2) is 75.7 Å². The normalized spacial score (nSPS) is 11.1. The van der Waals surface area contributed by atoms with E-state index in [4.69, 9.17) is 16.3 Å². The minimum atomic E-state index is 0.432. The first-order valence-corrected chi connectivity index (χ1v) is 10.1. The largest absolute Gasteiger partial charge is 0.487 e. The lowest BCUT2D eigenvalue weighted by molar-refractivity contribution is 0.303. The van der Waals surface area contributed by atoms with Crippen LogP contribution in [0.1, 0.15) is 16.7 Å². The lowest BCUT2D eigenvalue weighted by Crippen LogP contribution is -1.98. The van der Waals surface area contributed by atoms with Crippen molar-refractivity contribution in [2.24, 2.45) is 0 Å². The molecule has 0 N–H and O–H groups in total. The van der Waals surface area contributed by atoms with Crippen molar-refractivity contribution in [1.29, 1.82) is 5.26 Å². The van der Waals surface area contributed by atoms with Crippen LogP contribution in [0.4, 0.5) is 0 Å². The fraction of sp³-hybridized carbons (Fsp3) is 0.0455. The number of rotatable bonds is 5. The molecule has 0 aromatic heterocycles. The summed E-state index contributed by atoms with van der Waals surface area (Å²) in [6, 6.07) is 23.3. The van der Waals surface area contributed by atoms with Crippen molar-refractivity contribution in [3.8, 4) is 11.8 Å². The average molecular weight is 504 g/mol. The van der Waals surface area contributed by atoms with Gasteiger partial charge in [0.15, 0.2) is 0 Å². The molecule has 5 heteroatoms.